The predicted molar refractivity (Wildman–Crippen MR) is 138 cm³/mol. The maximum absolute atomic E-state index is 13.8. The third kappa shape index (κ3) is 3.69. The molecule has 8 heteroatoms. The monoisotopic (exact) mass is 518 g/mol. The van der Waals surface area contributed by atoms with Crippen LogP contribution in [0.15, 0.2) is 89.3 Å². The van der Waals surface area contributed by atoms with Crippen molar-refractivity contribution in [1.82, 2.24) is 0 Å². The van der Waals surface area contributed by atoms with Crippen molar-refractivity contribution in [3.8, 4) is 11.3 Å². The number of benzene rings is 3. The van der Waals surface area contributed by atoms with Gasteiger partial charge in [-0.1, -0.05) is 53.5 Å². The van der Waals surface area contributed by atoms with Crippen LogP contribution in [0.1, 0.15) is 17.4 Å². The number of carbonyl (C=O) groups excluding carboxylic acids is 2. The molecule has 2 fully saturated rings. The Morgan fingerprint density at radius 3 is 2.36 bits per heavy atom. The summed E-state index contributed by atoms with van der Waals surface area (Å²) in [6.45, 7) is 1.91. The third-order valence-electron chi connectivity index (χ3n) is 6.50. The molecule has 0 unspecified atom stereocenters. The van der Waals surface area contributed by atoms with Crippen LogP contribution in [-0.2, 0) is 14.4 Å². The van der Waals surface area contributed by atoms with Crippen molar-refractivity contribution in [2.24, 2.45) is 5.92 Å². The van der Waals surface area contributed by atoms with Crippen LogP contribution in [0.3, 0.4) is 0 Å². The molecule has 0 N–H and O–H groups in total. The van der Waals surface area contributed by atoms with Gasteiger partial charge in [-0.3, -0.25) is 14.4 Å². The Morgan fingerprint density at radius 2 is 1.58 bits per heavy atom. The van der Waals surface area contributed by atoms with E-state index in [0.717, 1.165) is 5.56 Å². The Labute approximate surface area is 217 Å². The highest BCUT2D eigenvalue weighted by molar-refractivity contribution is 6.35. The third-order valence-corrected chi connectivity index (χ3v) is 7.06. The number of fused-ring (bicyclic) bond motifs is 1. The average molecular weight is 519 g/mol. The molecule has 3 heterocycles. The van der Waals surface area contributed by atoms with E-state index in [1.807, 2.05) is 55.5 Å². The van der Waals surface area contributed by atoms with Crippen molar-refractivity contribution in [3.05, 3.63) is 106 Å². The summed E-state index contributed by atoms with van der Waals surface area (Å²) in [7, 11) is 0. The van der Waals surface area contributed by atoms with Gasteiger partial charge >= 0.3 is 0 Å². The summed E-state index contributed by atoms with van der Waals surface area (Å²) in [6.07, 6.45) is -0.980. The van der Waals surface area contributed by atoms with Gasteiger partial charge in [0.2, 0.25) is 5.91 Å². The number of furan rings is 1. The Balaban J connectivity index is 1.43. The van der Waals surface area contributed by atoms with E-state index in [-0.39, 0.29) is 5.91 Å². The normalized spacial score (nSPS) is 21.4. The fourth-order valence-electron chi connectivity index (χ4n) is 4.87. The number of halogens is 2. The van der Waals surface area contributed by atoms with E-state index in [1.165, 1.54) is 4.90 Å². The second kappa shape index (κ2) is 8.82. The van der Waals surface area contributed by atoms with Gasteiger partial charge in [0.25, 0.3) is 5.91 Å². The van der Waals surface area contributed by atoms with Gasteiger partial charge in [0.05, 0.1) is 16.4 Å². The second-order valence-electron chi connectivity index (χ2n) is 8.84. The van der Waals surface area contributed by atoms with Crippen LogP contribution >= 0.6 is 23.2 Å². The van der Waals surface area contributed by atoms with E-state index >= 15 is 0 Å². The molecule has 3 atom stereocenters. The molecule has 2 amide bonds. The van der Waals surface area contributed by atoms with Crippen LogP contribution in [0.5, 0.6) is 0 Å². The van der Waals surface area contributed by atoms with E-state index in [1.54, 1.807) is 41.5 Å². The molecule has 6 nitrogen and oxygen atoms in total. The minimum absolute atomic E-state index is 0.335. The number of hydrogen-bond donors (Lipinski definition) is 0. The summed E-state index contributed by atoms with van der Waals surface area (Å²) in [5.41, 5.74) is 2.81. The molecule has 3 aromatic carbocycles. The minimum atomic E-state index is -0.980. The van der Waals surface area contributed by atoms with Crippen LogP contribution in [0, 0.1) is 12.8 Å². The van der Waals surface area contributed by atoms with Gasteiger partial charge in [-0.25, -0.2) is 9.96 Å². The summed E-state index contributed by atoms with van der Waals surface area (Å²) in [5.74, 6) is -0.556. The number of hydrogen-bond acceptors (Lipinski definition) is 5. The van der Waals surface area contributed by atoms with Gasteiger partial charge in [-0.05, 0) is 67.1 Å². The molecule has 2 aliphatic rings. The van der Waals surface area contributed by atoms with Gasteiger partial charge in [0.1, 0.15) is 23.5 Å². The predicted octanol–water partition coefficient (Wildman–Crippen LogP) is 6.61. The number of carbonyl (C=O) groups is 2. The summed E-state index contributed by atoms with van der Waals surface area (Å²) >= 11 is 12.6. The Bertz CT molecular complexity index is 1490. The van der Waals surface area contributed by atoms with Crippen LogP contribution in [0.2, 0.25) is 10.0 Å². The van der Waals surface area contributed by atoms with E-state index in [2.05, 4.69) is 0 Å². The highest BCUT2D eigenvalue weighted by Gasteiger charge is 2.61. The molecule has 6 rings (SSSR count). The lowest BCUT2D eigenvalue weighted by atomic mass is 9.94. The fourth-order valence-corrected chi connectivity index (χ4v) is 5.25. The lowest BCUT2D eigenvalue weighted by Gasteiger charge is -2.27. The minimum Gasteiger partial charge on any atom is -0.459 e. The first-order valence-electron chi connectivity index (χ1n) is 11.4. The molecule has 36 heavy (non-hydrogen) atoms. The molecule has 0 spiro atoms. The van der Waals surface area contributed by atoms with Crippen LogP contribution < -0.4 is 9.96 Å². The van der Waals surface area contributed by atoms with Crippen molar-refractivity contribution in [3.63, 3.8) is 0 Å². The molecular formula is C28H20Cl2N2O4. The highest BCUT2D eigenvalue weighted by Crippen LogP contribution is 2.48. The van der Waals surface area contributed by atoms with Gasteiger partial charge in [0, 0.05) is 10.6 Å². The first-order valence-corrected chi connectivity index (χ1v) is 12.2. The van der Waals surface area contributed by atoms with Crippen molar-refractivity contribution >= 4 is 46.4 Å². The summed E-state index contributed by atoms with van der Waals surface area (Å²) in [6, 6.07) is 24.7. The zero-order valence-corrected chi connectivity index (χ0v) is 20.6. The van der Waals surface area contributed by atoms with E-state index in [9.17, 15) is 9.59 Å². The topological polar surface area (TPSA) is 63.0 Å². The van der Waals surface area contributed by atoms with E-state index in [0.29, 0.717) is 38.5 Å². The van der Waals surface area contributed by atoms with Gasteiger partial charge in [-0.2, -0.15) is 0 Å². The first-order chi connectivity index (χ1) is 17.4. The fraction of sp³-hybridized carbons (Fsp3) is 0.143. The van der Waals surface area contributed by atoms with E-state index in [4.69, 9.17) is 32.5 Å². The summed E-state index contributed by atoms with van der Waals surface area (Å²) in [4.78, 5) is 34.6. The van der Waals surface area contributed by atoms with Gasteiger partial charge < -0.3 is 4.42 Å². The number of aryl methyl sites for hydroxylation is 1. The number of imide groups is 1. The first kappa shape index (κ1) is 22.9. The lowest BCUT2D eigenvalue weighted by molar-refractivity contribution is -0.126. The smallest absolute Gasteiger partial charge is 0.266 e. The zero-order valence-electron chi connectivity index (χ0n) is 19.1. The lowest BCUT2D eigenvalue weighted by Crippen LogP contribution is -2.37. The van der Waals surface area contributed by atoms with Gasteiger partial charge in [0.15, 0.2) is 6.10 Å². The molecule has 4 aromatic rings. The molecule has 2 saturated heterocycles. The largest absolute Gasteiger partial charge is 0.459 e. The van der Waals surface area contributed by atoms with E-state index < -0.39 is 24.0 Å². The molecular weight excluding hydrogens is 499 g/mol. The van der Waals surface area contributed by atoms with Crippen LogP contribution in [0.4, 0.5) is 11.4 Å². The summed E-state index contributed by atoms with van der Waals surface area (Å²) < 4.78 is 6.25. The maximum atomic E-state index is 13.8. The maximum Gasteiger partial charge on any atom is 0.266 e. The second-order valence-corrected chi connectivity index (χ2v) is 9.68. The molecule has 0 radical (unpaired) electrons. The van der Waals surface area contributed by atoms with Crippen molar-refractivity contribution in [2.75, 3.05) is 9.96 Å². The van der Waals surface area contributed by atoms with Crippen LogP contribution in [-0.4, -0.2) is 17.9 Å². The quantitative estimate of drug-likeness (QED) is 0.284. The molecule has 0 bridgehead atoms. The van der Waals surface area contributed by atoms with Crippen molar-refractivity contribution in [2.45, 2.75) is 19.1 Å². The number of nitrogens with zero attached hydrogens (tertiary/aromatic N) is 2. The number of amides is 2. The number of anilines is 2. The van der Waals surface area contributed by atoms with Crippen molar-refractivity contribution in [1.29, 1.82) is 0 Å². The number of rotatable bonds is 4. The van der Waals surface area contributed by atoms with Gasteiger partial charge in [-0.15, -0.1) is 0 Å². The van der Waals surface area contributed by atoms with Crippen LogP contribution in [0.25, 0.3) is 11.3 Å². The SMILES string of the molecule is Cc1cccc(N2C(=O)[C@H]3[C@H](ON(c4ccccc4)[C@@H]3c3ccc(-c4cc(Cl)ccc4Cl)o3)C2=O)c1. The molecule has 180 valence electrons. The molecule has 2 aliphatic heterocycles. The molecule has 0 saturated carbocycles. The number of hydroxylamine groups is 1. The highest BCUT2D eigenvalue weighted by atomic mass is 35.5. The molecule has 1 aromatic heterocycles. The Morgan fingerprint density at radius 1 is 0.806 bits per heavy atom. The zero-order chi connectivity index (χ0) is 25.0. The molecule has 0 aliphatic carbocycles. The Hall–Kier alpha value is -3.58. The summed E-state index contributed by atoms with van der Waals surface area (Å²) in [5, 5.41) is 2.60. The average Bonchev–Trinajstić information content (AvgIpc) is 3.56. The van der Waals surface area contributed by atoms with Crippen molar-refractivity contribution < 1.29 is 18.8 Å². The Kier molecular flexibility index (Phi) is 5.60. The standard InChI is InChI=1S/C28H20Cl2N2O4/c1-16-6-5-9-19(14-16)31-27(33)24-25(32(36-26(24)28(31)34)18-7-3-2-4-8-18)23-13-12-22(35-23)20-15-17(29)10-11-21(20)30/h2-15,24-26H,1H3/t24-,25-,26+/m1/s1. The number of para-hydroxylation sites is 1.